The van der Waals surface area contributed by atoms with Gasteiger partial charge in [-0.15, -0.1) is 0 Å². The van der Waals surface area contributed by atoms with Crippen molar-refractivity contribution in [3.63, 3.8) is 0 Å². The first-order valence-electron chi connectivity index (χ1n) is 6.03. The Morgan fingerprint density at radius 1 is 1.50 bits per heavy atom. The number of rotatable bonds is 4. The first-order chi connectivity index (χ1) is 8.66. The van der Waals surface area contributed by atoms with Crippen LogP contribution in [0.2, 0.25) is 5.02 Å². The highest BCUT2D eigenvalue weighted by Crippen LogP contribution is 2.25. The third kappa shape index (κ3) is 3.45. The minimum Gasteiger partial charge on any atom is -0.385 e. The number of ether oxygens (including phenoxy) is 2. The zero-order valence-corrected chi connectivity index (χ0v) is 10.8. The Morgan fingerprint density at radius 3 is 2.94 bits per heavy atom. The topological polar surface area (TPSA) is 68.3 Å². The smallest absolute Gasteiger partial charge is 0.159 e. The molecule has 1 heterocycles. The zero-order valence-electron chi connectivity index (χ0n) is 10.1. The third-order valence-electron chi connectivity index (χ3n) is 2.86. The van der Waals surface area contributed by atoms with Crippen molar-refractivity contribution in [2.45, 2.75) is 31.7 Å². The van der Waals surface area contributed by atoms with Crippen LogP contribution in [0.1, 0.15) is 30.9 Å². The van der Waals surface area contributed by atoms with Crippen molar-refractivity contribution < 1.29 is 9.47 Å². The molecule has 5 heteroatoms. The first-order valence-corrected chi connectivity index (χ1v) is 6.41. The maximum absolute atomic E-state index is 7.63. The maximum atomic E-state index is 7.63. The molecule has 0 saturated carbocycles. The van der Waals surface area contributed by atoms with Crippen molar-refractivity contribution in [1.29, 1.82) is 5.41 Å². The fraction of sp³-hybridized carbons (Fsp3) is 0.462. The number of benzene rings is 1. The van der Waals surface area contributed by atoms with Crippen molar-refractivity contribution in [2.24, 2.45) is 5.73 Å². The van der Waals surface area contributed by atoms with Gasteiger partial charge >= 0.3 is 0 Å². The van der Waals surface area contributed by atoms with E-state index >= 15 is 0 Å². The molecule has 0 amide bonds. The molecule has 0 unspecified atom stereocenters. The van der Waals surface area contributed by atoms with Crippen LogP contribution >= 0.6 is 11.6 Å². The fourth-order valence-electron chi connectivity index (χ4n) is 1.97. The lowest BCUT2D eigenvalue weighted by Crippen LogP contribution is -2.30. The molecule has 18 heavy (non-hydrogen) atoms. The van der Waals surface area contributed by atoms with Crippen molar-refractivity contribution >= 4 is 17.4 Å². The number of nitrogens with one attached hydrogen (secondary N) is 1. The zero-order chi connectivity index (χ0) is 13.0. The largest absolute Gasteiger partial charge is 0.385 e. The maximum Gasteiger partial charge on any atom is 0.159 e. The molecule has 0 aromatic heterocycles. The third-order valence-corrected chi connectivity index (χ3v) is 3.09. The highest BCUT2D eigenvalue weighted by atomic mass is 35.5. The molecule has 1 aliphatic rings. The average molecular weight is 269 g/mol. The SMILES string of the molecule is N=C(N)[C@H](O[C@@H]1CCCCO1)c1cccc(Cl)c1. The average Bonchev–Trinajstić information content (AvgIpc) is 2.37. The van der Waals surface area contributed by atoms with Gasteiger partial charge in [0.2, 0.25) is 0 Å². The molecule has 98 valence electrons. The van der Waals surface area contributed by atoms with E-state index in [2.05, 4.69) is 0 Å². The molecule has 1 saturated heterocycles. The molecular weight excluding hydrogens is 252 g/mol. The summed E-state index contributed by atoms with van der Waals surface area (Å²) in [6.07, 6.45) is 2.09. The van der Waals surface area contributed by atoms with Crippen molar-refractivity contribution in [3.8, 4) is 0 Å². The second-order valence-electron chi connectivity index (χ2n) is 4.32. The number of hydrogen-bond acceptors (Lipinski definition) is 3. The summed E-state index contributed by atoms with van der Waals surface area (Å²) in [5, 5.41) is 8.24. The Bertz CT molecular complexity index is 419. The van der Waals surface area contributed by atoms with Gasteiger partial charge in [0.1, 0.15) is 11.9 Å². The molecule has 3 N–H and O–H groups in total. The summed E-state index contributed by atoms with van der Waals surface area (Å²) in [6, 6.07) is 7.20. The summed E-state index contributed by atoms with van der Waals surface area (Å²) in [5.41, 5.74) is 6.38. The van der Waals surface area contributed by atoms with Gasteiger partial charge in [-0.3, -0.25) is 5.41 Å². The molecular formula is C13H17ClN2O2. The first kappa shape index (κ1) is 13.3. The molecule has 1 aromatic rings. The number of amidine groups is 1. The molecule has 2 atom stereocenters. The van der Waals surface area contributed by atoms with Gasteiger partial charge < -0.3 is 15.2 Å². The van der Waals surface area contributed by atoms with Gasteiger partial charge in [-0.25, -0.2) is 0 Å². The van der Waals surface area contributed by atoms with Crippen LogP contribution in [-0.2, 0) is 9.47 Å². The van der Waals surface area contributed by atoms with Gasteiger partial charge in [0, 0.05) is 11.6 Å². The van der Waals surface area contributed by atoms with Crippen LogP contribution in [0.3, 0.4) is 0 Å². The van der Waals surface area contributed by atoms with Crippen LogP contribution in [0.25, 0.3) is 0 Å². The van der Waals surface area contributed by atoms with E-state index in [0.29, 0.717) is 11.6 Å². The summed E-state index contributed by atoms with van der Waals surface area (Å²) in [7, 11) is 0. The second kappa shape index (κ2) is 6.18. The molecule has 2 rings (SSSR count). The van der Waals surface area contributed by atoms with Crippen molar-refractivity contribution in [3.05, 3.63) is 34.9 Å². The van der Waals surface area contributed by atoms with E-state index in [1.807, 2.05) is 12.1 Å². The van der Waals surface area contributed by atoms with Crippen LogP contribution < -0.4 is 5.73 Å². The Kier molecular flexibility index (Phi) is 4.58. The molecule has 0 aliphatic carbocycles. The normalized spacial score (nSPS) is 21.5. The van der Waals surface area contributed by atoms with Crippen molar-refractivity contribution in [2.75, 3.05) is 6.61 Å². The summed E-state index contributed by atoms with van der Waals surface area (Å²) in [5.74, 6) is -0.0357. The molecule has 0 bridgehead atoms. The predicted molar refractivity (Wildman–Crippen MR) is 70.8 cm³/mol. The second-order valence-corrected chi connectivity index (χ2v) is 4.76. The van der Waals surface area contributed by atoms with Gasteiger partial charge in [-0.1, -0.05) is 23.7 Å². The van der Waals surface area contributed by atoms with Gasteiger partial charge in [0.05, 0.1) is 0 Å². The van der Waals surface area contributed by atoms with Gasteiger partial charge in [-0.2, -0.15) is 0 Å². The highest BCUT2D eigenvalue weighted by molar-refractivity contribution is 6.30. The Balaban J connectivity index is 2.10. The van der Waals surface area contributed by atoms with Crippen molar-refractivity contribution in [1.82, 2.24) is 0 Å². The molecule has 1 fully saturated rings. The number of nitrogens with two attached hydrogens (primary N) is 1. The Labute approximate surface area is 112 Å². The number of hydrogen-bond donors (Lipinski definition) is 2. The quantitative estimate of drug-likeness (QED) is 0.652. The van der Waals surface area contributed by atoms with E-state index in [1.165, 1.54) is 0 Å². The van der Waals surface area contributed by atoms with E-state index < -0.39 is 6.10 Å². The minimum atomic E-state index is -0.591. The van der Waals surface area contributed by atoms with Gasteiger partial charge in [0.15, 0.2) is 6.29 Å². The van der Waals surface area contributed by atoms with Gasteiger partial charge in [0.25, 0.3) is 0 Å². The Hall–Kier alpha value is -1.10. The van der Waals surface area contributed by atoms with E-state index in [0.717, 1.165) is 24.8 Å². The minimum absolute atomic E-state index is 0.0357. The summed E-state index contributed by atoms with van der Waals surface area (Å²) >= 11 is 5.94. The monoisotopic (exact) mass is 268 g/mol. The van der Waals surface area contributed by atoms with Gasteiger partial charge in [-0.05, 0) is 37.0 Å². The molecule has 0 spiro atoms. The van der Waals surface area contributed by atoms with E-state index in [1.54, 1.807) is 12.1 Å². The molecule has 0 radical (unpaired) electrons. The lowest BCUT2D eigenvalue weighted by molar-refractivity contribution is -0.176. The summed E-state index contributed by atoms with van der Waals surface area (Å²) in [4.78, 5) is 0. The van der Waals surface area contributed by atoms with E-state index in [9.17, 15) is 0 Å². The molecule has 4 nitrogen and oxygen atoms in total. The Morgan fingerprint density at radius 2 is 2.33 bits per heavy atom. The van der Waals surface area contributed by atoms with Crippen LogP contribution in [-0.4, -0.2) is 18.7 Å². The van der Waals surface area contributed by atoms with E-state index in [-0.39, 0.29) is 12.1 Å². The van der Waals surface area contributed by atoms with Crippen LogP contribution in [0.15, 0.2) is 24.3 Å². The molecule has 1 aromatic carbocycles. The predicted octanol–water partition coefficient (Wildman–Crippen LogP) is 2.86. The lowest BCUT2D eigenvalue weighted by Gasteiger charge is -2.27. The summed E-state index contributed by atoms with van der Waals surface area (Å²) < 4.78 is 11.3. The molecule has 1 aliphatic heterocycles. The summed E-state index contributed by atoms with van der Waals surface area (Å²) in [6.45, 7) is 0.699. The number of halogens is 1. The van der Waals surface area contributed by atoms with E-state index in [4.69, 9.17) is 32.2 Å². The van der Waals surface area contributed by atoms with Crippen LogP contribution in [0.5, 0.6) is 0 Å². The van der Waals surface area contributed by atoms with Crippen LogP contribution in [0.4, 0.5) is 0 Å². The fourth-order valence-corrected chi connectivity index (χ4v) is 2.17. The van der Waals surface area contributed by atoms with Crippen LogP contribution in [0, 0.1) is 5.41 Å². The lowest BCUT2D eigenvalue weighted by atomic mass is 10.1. The standard InChI is InChI=1S/C13H17ClN2O2/c14-10-5-3-4-9(8-10)12(13(15)16)18-11-6-1-2-7-17-11/h3-5,8,11-12H,1-2,6-7H2,(H3,15,16)/t11-,12-/m1/s1. The highest BCUT2D eigenvalue weighted by Gasteiger charge is 2.23.